The van der Waals surface area contributed by atoms with Crippen LogP contribution in [0.1, 0.15) is 31.4 Å². The Kier molecular flexibility index (Phi) is 3.83. The minimum absolute atomic E-state index is 0.0423. The predicted octanol–water partition coefficient (Wildman–Crippen LogP) is 2.29. The van der Waals surface area contributed by atoms with E-state index in [0.29, 0.717) is 0 Å². The molecule has 26 heavy (non-hydrogen) atoms. The van der Waals surface area contributed by atoms with Crippen LogP contribution in [0, 0.1) is 0 Å². The van der Waals surface area contributed by atoms with Crippen LogP contribution in [0.5, 0.6) is 5.75 Å². The fourth-order valence-electron chi connectivity index (χ4n) is 3.76. The summed E-state index contributed by atoms with van der Waals surface area (Å²) >= 11 is 0. The summed E-state index contributed by atoms with van der Waals surface area (Å²) in [6, 6.07) is 6.49. The first kappa shape index (κ1) is 16.0. The van der Waals surface area contributed by atoms with E-state index in [4.69, 9.17) is 9.47 Å². The highest BCUT2D eigenvalue weighted by Gasteiger charge is 2.40. The quantitative estimate of drug-likeness (QED) is 0.771. The van der Waals surface area contributed by atoms with Gasteiger partial charge in [0.1, 0.15) is 17.2 Å². The zero-order chi connectivity index (χ0) is 17.6. The molecule has 4 aliphatic rings. The maximum Gasteiger partial charge on any atom is 0.120 e. The van der Waals surface area contributed by atoms with Crippen LogP contribution in [0.4, 0.5) is 5.69 Å². The van der Waals surface area contributed by atoms with Gasteiger partial charge in [0.15, 0.2) is 0 Å². The molecule has 1 saturated carbocycles. The zero-order valence-corrected chi connectivity index (χ0v) is 15.2. The van der Waals surface area contributed by atoms with Gasteiger partial charge in [-0.1, -0.05) is 6.08 Å². The Morgan fingerprint density at radius 3 is 2.88 bits per heavy atom. The summed E-state index contributed by atoms with van der Waals surface area (Å²) in [5.74, 6) is 2.16. The van der Waals surface area contributed by atoms with E-state index in [1.54, 1.807) is 0 Å². The number of ether oxygens (including phenoxy) is 2. The number of hydrogen-bond acceptors (Lipinski definition) is 6. The van der Waals surface area contributed by atoms with Gasteiger partial charge in [0, 0.05) is 25.2 Å². The zero-order valence-electron chi connectivity index (χ0n) is 15.2. The molecule has 1 atom stereocenters. The highest BCUT2D eigenvalue weighted by Crippen LogP contribution is 2.42. The number of anilines is 1. The molecule has 0 bridgehead atoms. The first-order valence-electron chi connectivity index (χ1n) is 9.53. The SMILES string of the molecule is CC1(Oc2ccc3c(c2)C(C2=CCNC(N4CCOCC4)=C2)NN3)CC1. The van der Waals surface area contributed by atoms with Crippen LogP contribution < -0.4 is 20.9 Å². The van der Waals surface area contributed by atoms with Crippen molar-refractivity contribution in [1.29, 1.82) is 0 Å². The molecule has 6 heteroatoms. The highest BCUT2D eigenvalue weighted by atomic mass is 16.5. The van der Waals surface area contributed by atoms with Crippen molar-refractivity contribution in [2.75, 3.05) is 38.3 Å². The number of hydrogen-bond donors (Lipinski definition) is 3. The molecule has 6 nitrogen and oxygen atoms in total. The summed E-state index contributed by atoms with van der Waals surface area (Å²) in [6.07, 6.45) is 6.81. The summed E-state index contributed by atoms with van der Waals surface area (Å²) in [4.78, 5) is 2.37. The van der Waals surface area contributed by atoms with Gasteiger partial charge in [0.25, 0.3) is 0 Å². The standard InChI is InChI=1S/C20H26N4O2/c1-20(5-6-20)26-15-2-3-17-16(13-15)19(23-22-17)14-4-7-21-18(12-14)24-8-10-25-11-9-24/h2-4,12-13,19,21-23H,5-11H2,1H3. The van der Waals surface area contributed by atoms with Crippen LogP contribution >= 0.6 is 0 Å². The Bertz CT molecular complexity index is 763. The van der Waals surface area contributed by atoms with Crippen LogP contribution in [0.25, 0.3) is 0 Å². The van der Waals surface area contributed by atoms with Gasteiger partial charge < -0.3 is 25.1 Å². The van der Waals surface area contributed by atoms with Crippen molar-refractivity contribution in [2.45, 2.75) is 31.4 Å². The average molecular weight is 354 g/mol. The Labute approximate surface area is 154 Å². The summed E-state index contributed by atoms with van der Waals surface area (Å²) < 4.78 is 11.6. The molecule has 1 aliphatic carbocycles. The largest absolute Gasteiger partial charge is 0.488 e. The molecule has 0 radical (unpaired) electrons. The lowest BCUT2D eigenvalue weighted by Crippen LogP contribution is -2.41. The second kappa shape index (κ2) is 6.21. The molecule has 138 valence electrons. The molecule has 3 aliphatic heterocycles. The van der Waals surface area contributed by atoms with Gasteiger partial charge in [-0.3, -0.25) is 0 Å². The lowest BCUT2D eigenvalue weighted by Gasteiger charge is -2.33. The molecule has 1 aromatic rings. The number of morpholine rings is 1. The Hall–Kier alpha value is -2.18. The van der Waals surface area contributed by atoms with Gasteiger partial charge in [0.2, 0.25) is 0 Å². The van der Waals surface area contributed by atoms with E-state index in [1.165, 1.54) is 17.0 Å². The first-order valence-corrected chi connectivity index (χ1v) is 9.53. The lowest BCUT2D eigenvalue weighted by atomic mass is 9.97. The normalized spacial score (nSPS) is 26.2. The van der Waals surface area contributed by atoms with Crippen molar-refractivity contribution < 1.29 is 9.47 Å². The third kappa shape index (κ3) is 3.04. The van der Waals surface area contributed by atoms with Gasteiger partial charge >= 0.3 is 0 Å². The van der Waals surface area contributed by atoms with Crippen molar-refractivity contribution in [3.05, 3.63) is 47.3 Å². The third-order valence-corrected chi connectivity index (χ3v) is 5.61. The Morgan fingerprint density at radius 2 is 2.08 bits per heavy atom. The number of hydrazine groups is 1. The number of dihydropyridines is 1. The second-order valence-electron chi connectivity index (χ2n) is 7.72. The van der Waals surface area contributed by atoms with Gasteiger partial charge in [-0.05, 0) is 49.6 Å². The number of rotatable bonds is 4. The van der Waals surface area contributed by atoms with Crippen molar-refractivity contribution >= 4 is 5.69 Å². The number of fused-ring (bicyclic) bond motifs is 1. The smallest absolute Gasteiger partial charge is 0.120 e. The molecule has 1 unspecified atom stereocenters. The fraction of sp³-hybridized carbons (Fsp3) is 0.500. The van der Waals surface area contributed by atoms with E-state index in [1.807, 2.05) is 0 Å². The molecule has 0 spiro atoms. The van der Waals surface area contributed by atoms with E-state index >= 15 is 0 Å². The van der Waals surface area contributed by atoms with Crippen LogP contribution in [0.2, 0.25) is 0 Å². The van der Waals surface area contributed by atoms with Crippen LogP contribution in [-0.2, 0) is 4.74 Å². The summed E-state index contributed by atoms with van der Waals surface area (Å²) in [5, 5.41) is 3.50. The number of nitrogens with one attached hydrogen (secondary N) is 3. The molecular weight excluding hydrogens is 328 g/mol. The van der Waals surface area contributed by atoms with Gasteiger partial charge in [-0.15, -0.1) is 0 Å². The van der Waals surface area contributed by atoms with Gasteiger partial charge in [0.05, 0.1) is 24.9 Å². The minimum Gasteiger partial charge on any atom is -0.488 e. The lowest BCUT2D eigenvalue weighted by molar-refractivity contribution is 0.0504. The fourth-order valence-corrected chi connectivity index (χ4v) is 3.76. The summed E-state index contributed by atoms with van der Waals surface area (Å²) in [6.45, 7) is 6.50. The molecular formula is C20H26N4O2. The molecule has 1 saturated heterocycles. The van der Waals surface area contributed by atoms with Crippen molar-refractivity contribution in [3.8, 4) is 5.75 Å². The Morgan fingerprint density at radius 1 is 1.23 bits per heavy atom. The van der Waals surface area contributed by atoms with Crippen LogP contribution in [0.15, 0.2) is 41.7 Å². The first-order chi connectivity index (χ1) is 12.7. The second-order valence-corrected chi connectivity index (χ2v) is 7.72. The van der Waals surface area contributed by atoms with E-state index < -0.39 is 0 Å². The average Bonchev–Trinajstić information content (AvgIpc) is 3.25. The van der Waals surface area contributed by atoms with Crippen molar-refractivity contribution in [1.82, 2.24) is 15.6 Å². The molecule has 3 heterocycles. The summed E-state index contributed by atoms with van der Waals surface area (Å²) in [5.41, 5.74) is 10.5. The van der Waals surface area contributed by atoms with Crippen LogP contribution in [0.3, 0.4) is 0 Å². The Balaban J connectivity index is 1.39. The third-order valence-electron chi connectivity index (χ3n) is 5.61. The van der Waals surface area contributed by atoms with E-state index in [9.17, 15) is 0 Å². The maximum atomic E-state index is 6.17. The predicted molar refractivity (Wildman–Crippen MR) is 101 cm³/mol. The molecule has 1 aromatic carbocycles. The van der Waals surface area contributed by atoms with Gasteiger partial charge in [-0.2, -0.15) is 0 Å². The number of benzene rings is 1. The molecule has 5 rings (SSSR count). The molecule has 0 aromatic heterocycles. The van der Waals surface area contributed by atoms with Crippen molar-refractivity contribution in [3.63, 3.8) is 0 Å². The topological polar surface area (TPSA) is 57.8 Å². The van der Waals surface area contributed by atoms with E-state index in [2.05, 4.69) is 58.3 Å². The molecule has 0 amide bonds. The van der Waals surface area contributed by atoms with Gasteiger partial charge in [-0.25, -0.2) is 5.43 Å². The van der Waals surface area contributed by atoms with Crippen LogP contribution in [-0.4, -0.2) is 43.3 Å². The maximum absolute atomic E-state index is 6.17. The summed E-state index contributed by atoms with van der Waals surface area (Å²) in [7, 11) is 0. The van der Waals surface area contributed by atoms with E-state index in [-0.39, 0.29) is 11.6 Å². The molecule has 3 N–H and O–H groups in total. The minimum atomic E-state index is 0.0423. The highest BCUT2D eigenvalue weighted by molar-refractivity contribution is 5.61. The number of nitrogens with zero attached hydrogens (tertiary/aromatic N) is 1. The van der Waals surface area contributed by atoms with Crippen molar-refractivity contribution in [2.24, 2.45) is 0 Å². The monoisotopic (exact) mass is 354 g/mol. The molecule has 2 fully saturated rings. The van der Waals surface area contributed by atoms with E-state index in [0.717, 1.165) is 57.1 Å².